The van der Waals surface area contributed by atoms with Crippen LogP contribution in [0.15, 0.2) is 72.8 Å². The quantitative estimate of drug-likeness (QED) is 0.401. The normalized spacial score (nSPS) is 14.7. The zero-order valence-corrected chi connectivity index (χ0v) is 21.7. The van der Waals surface area contributed by atoms with E-state index >= 15 is 0 Å². The molecule has 0 aliphatic carbocycles. The van der Waals surface area contributed by atoms with Crippen LogP contribution in [0.2, 0.25) is 0 Å². The number of rotatable bonds is 9. The third kappa shape index (κ3) is 6.96. The fourth-order valence-corrected chi connectivity index (χ4v) is 4.48. The molecule has 1 unspecified atom stereocenters. The van der Waals surface area contributed by atoms with Crippen LogP contribution in [0.3, 0.4) is 0 Å². The van der Waals surface area contributed by atoms with Gasteiger partial charge in [-0.05, 0) is 54.4 Å². The number of ether oxygens (including phenoxy) is 3. The van der Waals surface area contributed by atoms with Crippen LogP contribution in [0.5, 0.6) is 5.75 Å². The monoisotopic (exact) mass is 502 g/mol. The number of amides is 1. The van der Waals surface area contributed by atoms with Gasteiger partial charge in [0.15, 0.2) is 0 Å². The molecule has 1 saturated heterocycles. The van der Waals surface area contributed by atoms with Crippen LogP contribution in [0.1, 0.15) is 43.5 Å². The van der Waals surface area contributed by atoms with Crippen molar-refractivity contribution in [1.29, 1.82) is 0 Å². The predicted octanol–water partition coefficient (Wildman–Crippen LogP) is 4.51. The van der Waals surface area contributed by atoms with Crippen molar-refractivity contribution in [3.63, 3.8) is 0 Å². The minimum atomic E-state index is -0.359. The first-order chi connectivity index (χ1) is 18.0. The van der Waals surface area contributed by atoms with Crippen LogP contribution in [-0.4, -0.2) is 68.6 Å². The van der Waals surface area contributed by atoms with E-state index in [-0.39, 0.29) is 18.0 Å². The highest BCUT2D eigenvalue weighted by atomic mass is 16.5. The number of nitrogens with zero attached hydrogens (tertiary/aromatic N) is 2. The largest absolute Gasteiger partial charge is 0.497 e. The molecular formula is C30H34N2O5. The maximum absolute atomic E-state index is 13.0. The summed E-state index contributed by atoms with van der Waals surface area (Å²) in [7, 11) is 3.03. The third-order valence-electron chi connectivity index (χ3n) is 6.64. The third-order valence-corrected chi connectivity index (χ3v) is 6.64. The molecule has 1 fully saturated rings. The van der Waals surface area contributed by atoms with Gasteiger partial charge in [0, 0.05) is 38.3 Å². The van der Waals surface area contributed by atoms with E-state index in [1.165, 1.54) is 7.11 Å². The molecule has 194 valence electrons. The van der Waals surface area contributed by atoms with Crippen molar-refractivity contribution in [2.45, 2.75) is 19.6 Å². The summed E-state index contributed by atoms with van der Waals surface area (Å²) >= 11 is 0. The van der Waals surface area contributed by atoms with Crippen LogP contribution in [0.25, 0.3) is 0 Å². The van der Waals surface area contributed by atoms with Crippen LogP contribution in [-0.2, 0) is 16.1 Å². The van der Waals surface area contributed by atoms with E-state index in [1.807, 2.05) is 72.5 Å². The molecule has 3 aromatic rings. The Bertz CT molecular complexity index is 1200. The fourth-order valence-electron chi connectivity index (χ4n) is 4.48. The van der Waals surface area contributed by atoms with E-state index < -0.39 is 0 Å². The zero-order chi connectivity index (χ0) is 26.2. The molecular weight excluding hydrogens is 468 g/mol. The first-order valence-electron chi connectivity index (χ1n) is 12.5. The topological polar surface area (TPSA) is 68.3 Å². The van der Waals surface area contributed by atoms with Crippen molar-refractivity contribution >= 4 is 11.9 Å². The molecule has 7 nitrogen and oxygen atoms in total. The second-order valence-corrected chi connectivity index (χ2v) is 9.23. The van der Waals surface area contributed by atoms with E-state index in [0.29, 0.717) is 31.8 Å². The molecule has 0 saturated carbocycles. The van der Waals surface area contributed by atoms with Gasteiger partial charge < -0.3 is 19.1 Å². The lowest BCUT2D eigenvalue weighted by Crippen LogP contribution is -2.49. The summed E-state index contributed by atoms with van der Waals surface area (Å²) in [6.45, 7) is 5.99. The van der Waals surface area contributed by atoms with Crippen LogP contribution in [0.4, 0.5) is 0 Å². The van der Waals surface area contributed by atoms with Gasteiger partial charge in [-0.25, -0.2) is 4.79 Å². The number of aryl methyl sites for hydroxylation is 1. The van der Waals surface area contributed by atoms with Crippen molar-refractivity contribution in [2.24, 2.45) is 0 Å². The molecule has 37 heavy (non-hydrogen) atoms. The standard InChI is InChI=1S/C30H34N2O5/c1-22-6-4-8-26(18-22)29(33)32-16-14-31(15-17-32)20-28(25-7-5-9-27(19-25)35-2)37-21-23-10-12-24(13-11-23)30(34)36-3/h4-13,18-19,28H,14-17,20-21H2,1-3H3. The van der Waals surface area contributed by atoms with Crippen molar-refractivity contribution in [3.8, 4) is 5.75 Å². The summed E-state index contributed by atoms with van der Waals surface area (Å²) in [4.78, 5) is 28.9. The molecule has 0 radical (unpaired) electrons. The molecule has 1 heterocycles. The summed E-state index contributed by atoms with van der Waals surface area (Å²) < 4.78 is 16.6. The fraction of sp³-hybridized carbons (Fsp3) is 0.333. The summed E-state index contributed by atoms with van der Waals surface area (Å²) in [5, 5.41) is 0. The average Bonchev–Trinajstić information content (AvgIpc) is 2.95. The molecule has 7 heteroatoms. The molecule has 0 bridgehead atoms. The number of methoxy groups -OCH3 is 2. The molecule has 0 spiro atoms. The molecule has 1 aliphatic heterocycles. The maximum Gasteiger partial charge on any atom is 0.337 e. The van der Waals surface area contributed by atoms with E-state index in [4.69, 9.17) is 14.2 Å². The Morgan fingerprint density at radius 1 is 0.865 bits per heavy atom. The van der Waals surface area contributed by atoms with Gasteiger partial charge in [-0.1, -0.05) is 42.0 Å². The molecule has 1 aliphatic rings. The van der Waals surface area contributed by atoms with Gasteiger partial charge in [-0.15, -0.1) is 0 Å². The first kappa shape index (κ1) is 26.4. The number of piperazine rings is 1. The van der Waals surface area contributed by atoms with Gasteiger partial charge in [0.1, 0.15) is 5.75 Å². The smallest absolute Gasteiger partial charge is 0.337 e. The zero-order valence-electron chi connectivity index (χ0n) is 21.7. The molecule has 1 atom stereocenters. The Balaban J connectivity index is 1.40. The number of carbonyl (C=O) groups is 2. The van der Waals surface area contributed by atoms with Crippen molar-refractivity contribution < 1.29 is 23.8 Å². The molecule has 3 aromatic carbocycles. The van der Waals surface area contributed by atoms with Gasteiger partial charge in [0.2, 0.25) is 0 Å². The highest BCUT2D eigenvalue weighted by molar-refractivity contribution is 5.94. The number of benzene rings is 3. The molecule has 4 rings (SSSR count). The summed E-state index contributed by atoms with van der Waals surface area (Å²) in [6.07, 6.45) is -0.186. The number of carbonyl (C=O) groups excluding carboxylic acids is 2. The Hall–Kier alpha value is -3.68. The van der Waals surface area contributed by atoms with Gasteiger partial charge in [0.05, 0.1) is 32.5 Å². The van der Waals surface area contributed by atoms with Gasteiger partial charge in [-0.3, -0.25) is 9.69 Å². The second kappa shape index (κ2) is 12.5. The second-order valence-electron chi connectivity index (χ2n) is 9.23. The summed E-state index contributed by atoms with van der Waals surface area (Å²) in [6, 6.07) is 22.9. The van der Waals surface area contributed by atoms with Crippen molar-refractivity contribution in [3.05, 3.63) is 101 Å². The number of esters is 1. The Labute approximate surface area is 218 Å². The first-order valence-corrected chi connectivity index (χ1v) is 12.5. The Kier molecular flexibility index (Phi) is 8.93. The summed E-state index contributed by atoms with van der Waals surface area (Å²) in [5.74, 6) is 0.503. The summed E-state index contributed by atoms with van der Waals surface area (Å²) in [5.41, 5.74) is 4.33. The van der Waals surface area contributed by atoms with E-state index in [9.17, 15) is 9.59 Å². The van der Waals surface area contributed by atoms with Gasteiger partial charge in [-0.2, -0.15) is 0 Å². The lowest BCUT2D eigenvalue weighted by molar-refractivity contribution is 0.00331. The van der Waals surface area contributed by atoms with E-state index in [0.717, 1.165) is 41.1 Å². The van der Waals surface area contributed by atoms with Crippen molar-refractivity contribution in [1.82, 2.24) is 9.80 Å². The highest BCUT2D eigenvalue weighted by Gasteiger charge is 2.25. The maximum atomic E-state index is 13.0. The lowest BCUT2D eigenvalue weighted by Gasteiger charge is -2.36. The van der Waals surface area contributed by atoms with Gasteiger partial charge >= 0.3 is 5.97 Å². The van der Waals surface area contributed by atoms with Crippen molar-refractivity contribution in [2.75, 3.05) is 46.9 Å². The molecule has 0 aromatic heterocycles. The lowest BCUT2D eigenvalue weighted by atomic mass is 10.1. The number of hydrogen-bond donors (Lipinski definition) is 0. The van der Waals surface area contributed by atoms with Gasteiger partial charge in [0.25, 0.3) is 5.91 Å². The minimum Gasteiger partial charge on any atom is -0.497 e. The average molecular weight is 503 g/mol. The molecule has 0 N–H and O–H groups in total. The minimum absolute atomic E-state index is 0.0827. The number of hydrogen-bond acceptors (Lipinski definition) is 6. The molecule has 1 amide bonds. The van der Waals surface area contributed by atoms with Crippen LogP contribution >= 0.6 is 0 Å². The SMILES string of the molecule is COC(=O)c1ccc(COC(CN2CCN(C(=O)c3cccc(C)c3)CC2)c2cccc(OC)c2)cc1. The predicted molar refractivity (Wildman–Crippen MR) is 142 cm³/mol. The Morgan fingerprint density at radius 3 is 2.27 bits per heavy atom. The Morgan fingerprint density at radius 2 is 1.59 bits per heavy atom. The van der Waals surface area contributed by atoms with Crippen LogP contribution in [0, 0.1) is 6.92 Å². The van der Waals surface area contributed by atoms with E-state index in [1.54, 1.807) is 19.2 Å². The highest BCUT2D eigenvalue weighted by Crippen LogP contribution is 2.25. The van der Waals surface area contributed by atoms with E-state index in [2.05, 4.69) is 4.90 Å². The van der Waals surface area contributed by atoms with Crippen LogP contribution < -0.4 is 4.74 Å².